The van der Waals surface area contributed by atoms with E-state index in [4.69, 9.17) is 4.74 Å². The molecule has 0 aromatic heterocycles. The van der Waals surface area contributed by atoms with Crippen LogP contribution in [0.5, 0.6) is 0 Å². The lowest BCUT2D eigenvalue weighted by Crippen LogP contribution is -1.92. The third kappa shape index (κ3) is 0.804. The van der Waals surface area contributed by atoms with Gasteiger partial charge in [-0.25, -0.2) is 0 Å². The maximum atomic E-state index is 5.48. The second-order valence-electron chi connectivity index (χ2n) is 2.65. The monoisotopic (exact) mass is 150 g/mol. The van der Waals surface area contributed by atoms with E-state index in [9.17, 15) is 0 Å². The first-order valence-corrected chi connectivity index (χ1v) is 4.73. The minimum atomic E-state index is 0.441. The van der Waals surface area contributed by atoms with Crippen molar-refractivity contribution < 1.29 is 4.74 Å². The Kier molecular flexibility index (Phi) is 1.36. The third-order valence-corrected chi connectivity index (χ3v) is 2.94. The average molecular weight is 150 g/mol. The summed E-state index contributed by atoms with van der Waals surface area (Å²) in [5.74, 6) is 0. The van der Waals surface area contributed by atoms with E-state index < -0.39 is 0 Å². The molecule has 0 saturated heterocycles. The van der Waals surface area contributed by atoms with Gasteiger partial charge in [-0.3, -0.25) is 0 Å². The van der Waals surface area contributed by atoms with E-state index in [1.165, 1.54) is 11.1 Å². The molecule has 1 atom stereocenters. The number of benzene rings is 1. The van der Waals surface area contributed by atoms with Crippen LogP contribution in [-0.4, -0.2) is 10.2 Å². The van der Waals surface area contributed by atoms with Crippen molar-refractivity contribution in [2.45, 2.75) is 12.3 Å². The molecule has 0 saturated carbocycles. The van der Waals surface area contributed by atoms with Gasteiger partial charge in [-0.1, -0.05) is 24.3 Å². The van der Waals surface area contributed by atoms with Crippen LogP contribution in [0.25, 0.3) is 0 Å². The van der Waals surface area contributed by atoms with Crippen LogP contribution >= 0.6 is 0 Å². The summed E-state index contributed by atoms with van der Waals surface area (Å²) in [7, 11) is 1.11. The van der Waals surface area contributed by atoms with Gasteiger partial charge < -0.3 is 4.74 Å². The lowest BCUT2D eigenvalue weighted by atomic mass is 10.1. The summed E-state index contributed by atoms with van der Waals surface area (Å²) in [4.78, 5) is 0. The van der Waals surface area contributed by atoms with Gasteiger partial charge in [-0.2, -0.15) is 0 Å². The van der Waals surface area contributed by atoms with Crippen molar-refractivity contribution in [2.24, 2.45) is 0 Å². The Morgan fingerprint density at radius 2 is 2.20 bits per heavy atom. The molecule has 0 N–H and O–H groups in total. The molecule has 1 nitrogen and oxygen atoms in total. The van der Waals surface area contributed by atoms with Crippen molar-refractivity contribution in [1.82, 2.24) is 0 Å². The van der Waals surface area contributed by atoms with Gasteiger partial charge in [-0.05, 0) is 11.1 Å². The Labute approximate surface area is 63.4 Å². The third-order valence-electron chi connectivity index (χ3n) is 1.98. The molecule has 1 aliphatic heterocycles. The molecule has 0 bridgehead atoms. The summed E-state index contributed by atoms with van der Waals surface area (Å²) < 4.78 is 5.48. The molecule has 1 aliphatic rings. The molecular formula is C8H10OSi. The van der Waals surface area contributed by atoms with Gasteiger partial charge >= 0.3 is 0 Å². The van der Waals surface area contributed by atoms with Gasteiger partial charge in [0.25, 0.3) is 0 Å². The number of rotatable bonds is 0. The van der Waals surface area contributed by atoms with Gasteiger partial charge in [0, 0.05) is 10.2 Å². The number of ether oxygens (including phenoxy) is 1. The maximum Gasteiger partial charge on any atom is 0.0723 e. The van der Waals surface area contributed by atoms with Crippen molar-refractivity contribution in [2.75, 3.05) is 0 Å². The second kappa shape index (κ2) is 2.22. The van der Waals surface area contributed by atoms with E-state index in [2.05, 4.69) is 24.3 Å². The maximum absolute atomic E-state index is 5.48. The van der Waals surface area contributed by atoms with Crippen LogP contribution in [0.2, 0.25) is 0 Å². The summed E-state index contributed by atoms with van der Waals surface area (Å²) in [6.45, 7) is 0.824. The van der Waals surface area contributed by atoms with E-state index in [0.29, 0.717) is 5.73 Å². The lowest BCUT2D eigenvalue weighted by Gasteiger charge is -2.00. The van der Waals surface area contributed by atoms with Crippen LogP contribution in [-0.2, 0) is 11.3 Å². The van der Waals surface area contributed by atoms with Gasteiger partial charge in [0.1, 0.15) is 0 Å². The Bertz CT molecular complexity index is 247. The van der Waals surface area contributed by atoms with Crippen LogP contribution in [0.3, 0.4) is 0 Å². The van der Waals surface area contributed by atoms with Gasteiger partial charge in [0.05, 0.1) is 12.3 Å². The SMILES string of the molecule is [SiH3]C1OCc2ccccc21. The summed E-state index contributed by atoms with van der Waals surface area (Å²) in [5.41, 5.74) is 3.23. The normalized spacial score (nSPS) is 23.0. The van der Waals surface area contributed by atoms with Crippen molar-refractivity contribution in [3.05, 3.63) is 35.4 Å². The van der Waals surface area contributed by atoms with Crippen molar-refractivity contribution in [1.29, 1.82) is 0 Å². The average Bonchev–Trinajstić information content (AvgIpc) is 2.34. The first-order chi connectivity index (χ1) is 4.88. The molecule has 0 aliphatic carbocycles. The molecule has 0 fully saturated rings. The second-order valence-corrected chi connectivity index (χ2v) is 3.70. The van der Waals surface area contributed by atoms with Crippen LogP contribution in [0.15, 0.2) is 24.3 Å². The first kappa shape index (κ1) is 6.13. The van der Waals surface area contributed by atoms with Crippen LogP contribution in [0.4, 0.5) is 0 Å². The highest BCUT2D eigenvalue weighted by molar-refractivity contribution is 6.11. The standard InChI is InChI=1S/C8H10OSi/c10-8-7-4-2-1-3-6(7)5-9-8/h1-4,8H,5H2,10H3. The fourth-order valence-corrected chi connectivity index (χ4v) is 2.10. The smallest absolute Gasteiger partial charge is 0.0723 e. The fourth-order valence-electron chi connectivity index (χ4n) is 1.37. The molecule has 0 amide bonds. The van der Waals surface area contributed by atoms with Crippen molar-refractivity contribution in [3.63, 3.8) is 0 Å². The highest BCUT2D eigenvalue weighted by atomic mass is 28.1. The molecule has 1 unspecified atom stereocenters. The zero-order valence-corrected chi connectivity index (χ0v) is 8.00. The van der Waals surface area contributed by atoms with Crippen LogP contribution in [0, 0.1) is 0 Å². The van der Waals surface area contributed by atoms with Crippen molar-refractivity contribution >= 4 is 10.2 Å². The Hall–Kier alpha value is -0.603. The quantitative estimate of drug-likeness (QED) is 0.492. The molecule has 52 valence electrons. The lowest BCUT2D eigenvalue weighted by molar-refractivity contribution is 0.121. The molecule has 0 spiro atoms. The number of hydrogen-bond acceptors (Lipinski definition) is 1. The summed E-state index contributed by atoms with van der Waals surface area (Å²) in [5, 5.41) is 0. The summed E-state index contributed by atoms with van der Waals surface area (Å²) in [6, 6.07) is 8.47. The Morgan fingerprint density at radius 1 is 1.40 bits per heavy atom. The Morgan fingerprint density at radius 3 is 3.00 bits per heavy atom. The molecule has 1 aromatic rings. The number of fused-ring (bicyclic) bond motifs is 1. The predicted molar refractivity (Wildman–Crippen MR) is 43.9 cm³/mol. The molecular weight excluding hydrogens is 140 g/mol. The Balaban J connectivity index is 2.51. The molecule has 2 rings (SSSR count). The van der Waals surface area contributed by atoms with E-state index in [0.717, 1.165) is 16.8 Å². The van der Waals surface area contributed by atoms with Gasteiger partial charge in [0.15, 0.2) is 0 Å². The first-order valence-electron chi connectivity index (χ1n) is 3.57. The minimum absolute atomic E-state index is 0.441. The molecule has 10 heavy (non-hydrogen) atoms. The molecule has 1 heterocycles. The van der Waals surface area contributed by atoms with E-state index in [1.807, 2.05) is 0 Å². The van der Waals surface area contributed by atoms with Gasteiger partial charge in [0.2, 0.25) is 0 Å². The van der Waals surface area contributed by atoms with Gasteiger partial charge in [-0.15, -0.1) is 0 Å². The van der Waals surface area contributed by atoms with Crippen molar-refractivity contribution in [3.8, 4) is 0 Å². The molecule has 2 heteroatoms. The summed E-state index contributed by atoms with van der Waals surface area (Å²) in [6.07, 6.45) is 0. The number of hydrogen-bond donors (Lipinski definition) is 0. The zero-order valence-electron chi connectivity index (χ0n) is 6.00. The van der Waals surface area contributed by atoms with Crippen LogP contribution in [0.1, 0.15) is 16.9 Å². The minimum Gasteiger partial charge on any atom is -0.373 e. The van der Waals surface area contributed by atoms with E-state index in [-0.39, 0.29) is 0 Å². The summed E-state index contributed by atoms with van der Waals surface area (Å²) >= 11 is 0. The molecule has 1 aromatic carbocycles. The topological polar surface area (TPSA) is 9.23 Å². The van der Waals surface area contributed by atoms with E-state index >= 15 is 0 Å². The largest absolute Gasteiger partial charge is 0.373 e. The molecule has 0 radical (unpaired) electrons. The highest BCUT2D eigenvalue weighted by Crippen LogP contribution is 2.26. The zero-order chi connectivity index (χ0) is 6.97. The predicted octanol–water partition coefficient (Wildman–Crippen LogP) is 0.581. The fraction of sp³-hybridized carbons (Fsp3) is 0.250. The van der Waals surface area contributed by atoms with E-state index in [1.54, 1.807) is 0 Å². The van der Waals surface area contributed by atoms with Crippen LogP contribution < -0.4 is 0 Å². The highest BCUT2D eigenvalue weighted by Gasteiger charge is 2.16.